The number of pyridine rings is 1. The lowest BCUT2D eigenvalue weighted by atomic mass is 10.1. The minimum atomic E-state index is -0.774. The summed E-state index contributed by atoms with van der Waals surface area (Å²) in [7, 11) is 1.47. The van der Waals surface area contributed by atoms with E-state index < -0.39 is 24.0 Å². The van der Waals surface area contributed by atoms with Crippen molar-refractivity contribution in [3.8, 4) is 0 Å². The van der Waals surface area contributed by atoms with Crippen LogP contribution in [-0.2, 0) is 19.1 Å². The van der Waals surface area contributed by atoms with Crippen LogP contribution in [-0.4, -0.2) is 79.1 Å². The van der Waals surface area contributed by atoms with Gasteiger partial charge in [0, 0.05) is 37.1 Å². The molecule has 2 amide bonds. The van der Waals surface area contributed by atoms with Crippen LogP contribution in [0.2, 0.25) is 0 Å². The first-order valence-corrected chi connectivity index (χ1v) is 8.84. The van der Waals surface area contributed by atoms with Crippen molar-refractivity contribution in [2.45, 2.75) is 0 Å². The lowest BCUT2D eigenvalue weighted by Crippen LogP contribution is -2.46. The fourth-order valence-electron chi connectivity index (χ4n) is 2.89. The number of aromatic amines is 1. The van der Waals surface area contributed by atoms with Gasteiger partial charge in [-0.2, -0.15) is 0 Å². The van der Waals surface area contributed by atoms with Gasteiger partial charge in [-0.25, -0.2) is 4.79 Å². The molecule has 0 unspecified atom stereocenters. The van der Waals surface area contributed by atoms with Gasteiger partial charge in [-0.3, -0.25) is 14.4 Å². The third-order valence-corrected chi connectivity index (χ3v) is 4.46. The van der Waals surface area contributed by atoms with Crippen molar-refractivity contribution in [3.63, 3.8) is 0 Å². The van der Waals surface area contributed by atoms with Gasteiger partial charge in [-0.05, 0) is 6.07 Å². The van der Waals surface area contributed by atoms with Gasteiger partial charge in [0.05, 0.1) is 25.3 Å². The molecular formula is C19H21N3O6. The quantitative estimate of drug-likeness (QED) is 0.724. The maximum absolute atomic E-state index is 12.4. The fourth-order valence-corrected chi connectivity index (χ4v) is 2.89. The molecule has 0 saturated carbocycles. The topological polar surface area (TPSA) is 109 Å². The van der Waals surface area contributed by atoms with E-state index in [0.29, 0.717) is 37.2 Å². The Hall–Kier alpha value is -3.20. The predicted octanol–water partition coefficient (Wildman–Crippen LogP) is 0.00210. The molecular weight excluding hydrogens is 366 g/mol. The summed E-state index contributed by atoms with van der Waals surface area (Å²) in [6.07, 6.45) is 0. The van der Waals surface area contributed by atoms with E-state index in [0.717, 1.165) is 6.07 Å². The van der Waals surface area contributed by atoms with E-state index in [1.807, 2.05) is 0 Å². The highest BCUT2D eigenvalue weighted by molar-refractivity contribution is 6.03. The zero-order chi connectivity index (χ0) is 20.1. The Balaban J connectivity index is 1.59. The molecule has 1 aliphatic rings. The van der Waals surface area contributed by atoms with Crippen LogP contribution in [0.25, 0.3) is 10.9 Å². The number of likely N-dealkylation sites (N-methyl/N-ethyl adjacent to an activating group) is 1. The Morgan fingerprint density at radius 3 is 2.68 bits per heavy atom. The first-order chi connectivity index (χ1) is 13.5. The number of nitrogens with one attached hydrogen (secondary N) is 1. The van der Waals surface area contributed by atoms with E-state index in [-0.39, 0.29) is 18.0 Å². The second kappa shape index (κ2) is 8.66. The molecule has 2 aromatic rings. The SMILES string of the molecule is CN(CC(=O)N1CCOCC1)C(=O)COC(=O)c1cc(=O)[nH]c2ccccc12. The third-order valence-electron chi connectivity index (χ3n) is 4.46. The predicted molar refractivity (Wildman–Crippen MR) is 99.9 cm³/mol. The third kappa shape index (κ3) is 4.55. The second-order valence-electron chi connectivity index (χ2n) is 6.41. The van der Waals surface area contributed by atoms with Crippen LogP contribution in [0.3, 0.4) is 0 Å². The monoisotopic (exact) mass is 387 g/mol. The number of rotatable bonds is 5. The number of fused-ring (bicyclic) bond motifs is 1. The van der Waals surface area contributed by atoms with E-state index in [4.69, 9.17) is 9.47 Å². The minimum Gasteiger partial charge on any atom is -0.452 e. The first-order valence-electron chi connectivity index (χ1n) is 8.84. The number of para-hydroxylation sites is 1. The van der Waals surface area contributed by atoms with Crippen LogP contribution >= 0.6 is 0 Å². The van der Waals surface area contributed by atoms with Crippen molar-refractivity contribution in [1.82, 2.24) is 14.8 Å². The first kappa shape index (κ1) is 19.6. The van der Waals surface area contributed by atoms with Crippen molar-refractivity contribution in [3.05, 3.63) is 46.2 Å². The second-order valence-corrected chi connectivity index (χ2v) is 6.41. The van der Waals surface area contributed by atoms with Crippen LogP contribution in [0.5, 0.6) is 0 Å². The Labute approximate surface area is 160 Å². The van der Waals surface area contributed by atoms with E-state index in [9.17, 15) is 19.2 Å². The number of carbonyl (C=O) groups excluding carboxylic acids is 3. The lowest BCUT2D eigenvalue weighted by Gasteiger charge is -2.28. The number of aromatic nitrogens is 1. The summed E-state index contributed by atoms with van der Waals surface area (Å²) < 4.78 is 10.3. The molecule has 0 spiro atoms. The summed E-state index contributed by atoms with van der Waals surface area (Å²) in [6.45, 7) is 1.31. The van der Waals surface area contributed by atoms with Crippen LogP contribution in [0.4, 0.5) is 0 Å². The van der Waals surface area contributed by atoms with Crippen LogP contribution in [0.1, 0.15) is 10.4 Å². The lowest BCUT2D eigenvalue weighted by molar-refractivity contribution is -0.143. The van der Waals surface area contributed by atoms with Gasteiger partial charge in [0.25, 0.3) is 5.91 Å². The average molecular weight is 387 g/mol. The maximum atomic E-state index is 12.4. The molecule has 2 heterocycles. The van der Waals surface area contributed by atoms with E-state index >= 15 is 0 Å². The molecule has 0 bridgehead atoms. The molecule has 1 aromatic heterocycles. The highest BCUT2D eigenvalue weighted by atomic mass is 16.5. The Morgan fingerprint density at radius 2 is 1.93 bits per heavy atom. The van der Waals surface area contributed by atoms with Gasteiger partial charge in [-0.1, -0.05) is 18.2 Å². The standard InChI is InChI=1S/C19H21N3O6/c1-21(11-17(24)22-6-8-27-9-7-22)18(25)12-28-19(26)14-10-16(23)20-15-5-3-2-4-13(14)15/h2-5,10H,6-9,11-12H2,1H3,(H,20,23). The van der Waals surface area contributed by atoms with Gasteiger partial charge in [0.2, 0.25) is 11.5 Å². The van der Waals surface area contributed by atoms with Crippen molar-refractivity contribution in [2.24, 2.45) is 0 Å². The normalized spacial score (nSPS) is 14.0. The number of H-pyrrole nitrogens is 1. The molecule has 28 heavy (non-hydrogen) atoms. The Bertz CT molecular complexity index is 948. The summed E-state index contributed by atoms with van der Waals surface area (Å²) in [5.74, 6) is -1.47. The number of carbonyl (C=O) groups is 3. The Kier molecular flexibility index (Phi) is 6.05. The van der Waals surface area contributed by atoms with Crippen molar-refractivity contribution < 1.29 is 23.9 Å². The molecule has 1 fully saturated rings. The molecule has 0 aliphatic carbocycles. The van der Waals surface area contributed by atoms with Gasteiger partial charge >= 0.3 is 5.97 Å². The minimum absolute atomic E-state index is 0.0826. The highest BCUT2D eigenvalue weighted by Crippen LogP contribution is 2.15. The number of amides is 2. The van der Waals surface area contributed by atoms with Gasteiger partial charge in [0.15, 0.2) is 6.61 Å². The summed E-state index contributed by atoms with van der Waals surface area (Å²) in [5.41, 5.74) is 0.144. The van der Waals surface area contributed by atoms with E-state index in [1.165, 1.54) is 11.9 Å². The van der Waals surface area contributed by atoms with Crippen molar-refractivity contribution in [1.29, 1.82) is 0 Å². The number of esters is 1. The van der Waals surface area contributed by atoms with Gasteiger partial charge < -0.3 is 24.3 Å². The number of hydrogen-bond donors (Lipinski definition) is 1. The fraction of sp³-hybridized carbons (Fsp3) is 0.368. The van der Waals surface area contributed by atoms with Crippen LogP contribution in [0, 0.1) is 0 Å². The zero-order valence-corrected chi connectivity index (χ0v) is 15.5. The molecule has 1 aromatic carbocycles. The largest absolute Gasteiger partial charge is 0.452 e. The van der Waals surface area contributed by atoms with Gasteiger partial charge in [-0.15, -0.1) is 0 Å². The van der Waals surface area contributed by atoms with Gasteiger partial charge in [0.1, 0.15) is 0 Å². The number of nitrogens with zero attached hydrogens (tertiary/aromatic N) is 2. The summed E-state index contributed by atoms with van der Waals surface area (Å²) >= 11 is 0. The number of hydrogen-bond acceptors (Lipinski definition) is 6. The van der Waals surface area contributed by atoms with Crippen molar-refractivity contribution in [2.75, 3.05) is 46.5 Å². The average Bonchev–Trinajstić information content (AvgIpc) is 2.71. The molecule has 148 valence electrons. The molecule has 3 rings (SSSR count). The highest BCUT2D eigenvalue weighted by Gasteiger charge is 2.21. The van der Waals surface area contributed by atoms with E-state index in [1.54, 1.807) is 29.2 Å². The summed E-state index contributed by atoms with van der Waals surface area (Å²) in [5, 5.41) is 0.524. The smallest absolute Gasteiger partial charge is 0.339 e. The summed E-state index contributed by atoms with van der Waals surface area (Å²) in [6, 6.07) is 7.95. The molecule has 0 atom stereocenters. The number of morpholine rings is 1. The molecule has 9 heteroatoms. The molecule has 1 aliphatic heterocycles. The zero-order valence-electron chi connectivity index (χ0n) is 15.5. The van der Waals surface area contributed by atoms with Crippen molar-refractivity contribution >= 4 is 28.7 Å². The van der Waals surface area contributed by atoms with E-state index in [2.05, 4.69) is 4.98 Å². The number of ether oxygens (including phenoxy) is 2. The number of benzene rings is 1. The maximum Gasteiger partial charge on any atom is 0.339 e. The molecule has 1 N–H and O–H groups in total. The van der Waals surface area contributed by atoms with Crippen LogP contribution < -0.4 is 5.56 Å². The van der Waals surface area contributed by atoms with Crippen LogP contribution in [0.15, 0.2) is 35.1 Å². The molecule has 9 nitrogen and oxygen atoms in total. The molecule has 0 radical (unpaired) electrons. The Morgan fingerprint density at radius 1 is 1.21 bits per heavy atom. The molecule has 1 saturated heterocycles. The summed E-state index contributed by atoms with van der Waals surface area (Å²) in [4.78, 5) is 54.0.